The van der Waals surface area contributed by atoms with E-state index in [-0.39, 0.29) is 0 Å². The summed E-state index contributed by atoms with van der Waals surface area (Å²) in [6.07, 6.45) is 1.19. The zero-order chi connectivity index (χ0) is 14.8. The number of hydrogen-bond donors (Lipinski definition) is 2. The highest BCUT2D eigenvalue weighted by Crippen LogP contribution is 2.32. The van der Waals surface area contributed by atoms with Crippen LogP contribution in [0.4, 0.5) is 10.5 Å². The molecule has 0 spiro atoms. The molecule has 112 valence electrons. The number of ether oxygens (including phenoxy) is 2. The Balaban J connectivity index is 1.71. The Morgan fingerprint density at radius 1 is 1.24 bits per heavy atom. The number of likely N-dealkylation sites (tertiary alicyclic amines) is 1. The summed E-state index contributed by atoms with van der Waals surface area (Å²) in [5.74, 6) is 0.254. The fourth-order valence-electron chi connectivity index (χ4n) is 2.58. The molecule has 21 heavy (non-hydrogen) atoms. The van der Waals surface area contributed by atoms with Crippen molar-refractivity contribution < 1.29 is 24.2 Å². The monoisotopic (exact) mass is 292 g/mol. The van der Waals surface area contributed by atoms with Crippen molar-refractivity contribution in [1.82, 2.24) is 4.90 Å². The third-order valence-electron chi connectivity index (χ3n) is 3.59. The summed E-state index contributed by atoms with van der Waals surface area (Å²) in [6.45, 7) is 1.43. The minimum Gasteiger partial charge on any atom is -0.486 e. The lowest BCUT2D eigenvalue weighted by atomic mass is 10.2. The number of carbonyl (C=O) groups excluding carboxylic acids is 1. The molecule has 2 amide bonds. The number of hydrogen-bond acceptors (Lipinski definition) is 4. The Morgan fingerprint density at radius 3 is 2.76 bits per heavy atom. The normalized spacial score (nSPS) is 20.2. The quantitative estimate of drug-likeness (QED) is 0.863. The van der Waals surface area contributed by atoms with Gasteiger partial charge in [0.15, 0.2) is 11.5 Å². The Labute approximate surface area is 121 Å². The van der Waals surface area contributed by atoms with Crippen molar-refractivity contribution in [2.75, 3.05) is 25.1 Å². The first kappa shape index (κ1) is 13.5. The van der Waals surface area contributed by atoms with Crippen molar-refractivity contribution >= 4 is 17.7 Å². The van der Waals surface area contributed by atoms with Gasteiger partial charge < -0.3 is 24.8 Å². The fourth-order valence-corrected chi connectivity index (χ4v) is 2.58. The first-order chi connectivity index (χ1) is 10.1. The average Bonchev–Trinajstić information content (AvgIpc) is 2.97. The van der Waals surface area contributed by atoms with Crippen LogP contribution in [0, 0.1) is 0 Å². The number of carboxylic acid groups (broad SMARTS) is 1. The van der Waals surface area contributed by atoms with Crippen molar-refractivity contribution in [1.29, 1.82) is 0 Å². The molecule has 3 rings (SSSR count). The van der Waals surface area contributed by atoms with Crippen LogP contribution in [0.2, 0.25) is 0 Å². The number of aliphatic carboxylic acids is 1. The Kier molecular flexibility index (Phi) is 3.55. The Bertz CT molecular complexity index is 574. The predicted octanol–water partition coefficient (Wildman–Crippen LogP) is 1.54. The second-order valence-electron chi connectivity index (χ2n) is 4.98. The molecular formula is C14H16N2O5. The van der Waals surface area contributed by atoms with Crippen LogP contribution in [-0.4, -0.2) is 47.8 Å². The van der Waals surface area contributed by atoms with E-state index in [2.05, 4.69) is 5.32 Å². The number of fused-ring (bicyclic) bond motifs is 1. The van der Waals surface area contributed by atoms with Gasteiger partial charge in [-0.05, 0) is 25.0 Å². The minimum atomic E-state index is -0.968. The topological polar surface area (TPSA) is 88.1 Å². The summed E-state index contributed by atoms with van der Waals surface area (Å²) >= 11 is 0. The number of nitrogens with one attached hydrogen (secondary N) is 1. The average molecular weight is 292 g/mol. The van der Waals surface area contributed by atoms with E-state index < -0.39 is 18.0 Å². The van der Waals surface area contributed by atoms with Crippen molar-refractivity contribution in [3.8, 4) is 11.5 Å². The first-order valence-electron chi connectivity index (χ1n) is 6.85. The lowest BCUT2D eigenvalue weighted by molar-refractivity contribution is -0.141. The highest BCUT2D eigenvalue weighted by Gasteiger charge is 2.34. The summed E-state index contributed by atoms with van der Waals surface area (Å²) in [6, 6.07) is 3.96. The molecule has 2 N–H and O–H groups in total. The molecule has 1 unspecified atom stereocenters. The summed E-state index contributed by atoms with van der Waals surface area (Å²) in [5, 5.41) is 11.8. The highest BCUT2D eigenvalue weighted by atomic mass is 16.6. The summed E-state index contributed by atoms with van der Waals surface area (Å²) in [7, 11) is 0. The molecule has 0 radical (unpaired) electrons. The second-order valence-corrected chi connectivity index (χ2v) is 4.98. The van der Waals surface area contributed by atoms with Gasteiger partial charge in [0.2, 0.25) is 0 Å². The van der Waals surface area contributed by atoms with Crippen molar-refractivity contribution in [2.24, 2.45) is 0 Å². The van der Waals surface area contributed by atoms with Crippen LogP contribution in [0.25, 0.3) is 0 Å². The number of rotatable bonds is 2. The molecule has 0 aromatic heterocycles. The predicted molar refractivity (Wildman–Crippen MR) is 73.8 cm³/mol. The molecule has 1 aromatic carbocycles. The fraction of sp³-hybridized carbons (Fsp3) is 0.429. The number of amides is 2. The lowest BCUT2D eigenvalue weighted by Gasteiger charge is -2.23. The molecule has 0 bridgehead atoms. The third-order valence-corrected chi connectivity index (χ3v) is 3.59. The number of benzene rings is 1. The SMILES string of the molecule is O=C(O)C1CCCN1C(=O)Nc1ccc2c(c1)OCCO2. The van der Waals surface area contributed by atoms with Crippen LogP contribution in [-0.2, 0) is 4.79 Å². The number of carboxylic acids is 1. The van der Waals surface area contributed by atoms with Crippen LogP contribution in [0.15, 0.2) is 18.2 Å². The number of anilines is 1. The zero-order valence-corrected chi connectivity index (χ0v) is 11.4. The van der Waals surface area contributed by atoms with E-state index in [4.69, 9.17) is 14.6 Å². The van der Waals surface area contributed by atoms with Gasteiger partial charge in [-0.15, -0.1) is 0 Å². The molecule has 1 atom stereocenters. The van der Waals surface area contributed by atoms with Gasteiger partial charge in [0.1, 0.15) is 19.3 Å². The van der Waals surface area contributed by atoms with Crippen LogP contribution < -0.4 is 14.8 Å². The molecule has 0 aliphatic carbocycles. The number of nitrogens with zero attached hydrogens (tertiary/aromatic N) is 1. The van der Waals surface area contributed by atoms with E-state index in [1.807, 2.05) is 0 Å². The van der Waals surface area contributed by atoms with Gasteiger partial charge in [-0.2, -0.15) is 0 Å². The van der Waals surface area contributed by atoms with E-state index in [0.717, 1.165) is 0 Å². The van der Waals surface area contributed by atoms with E-state index in [0.29, 0.717) is 49.8 Å². The standard InChI is InChI=1S/C14H16N2O5/c17-13(18)10-2-1-5-16(10)14(19)15-9-3-4-11-12(8-9)21-7-6-20-11/h3-4,8,10H,1-2,5-7H2,(H,15,19)(H,17,18). The molecule has 1 aromatic rings. The zero-order valence-electron chi connectivity index (χ0n) is 11.4. The molecule has 1 fully saturated rings. The van der Waals surface area contributed by atoms with Gasteiger partial charge in [0.05, 0.1) is 0 Å². The van der Waals surface area contributed by atoms with Gasteiger partial charge in [0, 0.05) is 18.3 Å². The maximum absolute atomic E-state index is 12.2. The molecule has 2 aliphatic heterocycles. The molecule has 1 saturated heterocycles. The molecular weight excluding hydrogens is 276 g/mol. The lowest BCUT2D eigenvalue weighted by Crippen LogP contribution is -2.42. The van der Waals surface area contributed by atoms with Crippen molar-refractivity contribution in [3.63, 3.8) is 0 Å². The smallest absolute Gasteiger partial charge is 0.326 e. The maximum Gasteiger partial charge on any atom is 0.326 e. The largest absolute Gasteiger partial charge is 0.486 e. The summed E-state index contributed by atoms with van der Waals surface area (Å²) in [4.78, 5) is 24.6. The van der Waals surface area contributed by atoms with Gasteiger partial charge in [0.25, 0.3) is 0 Å². The molecule has 7 nitrogen and oxygen atoms in total. The van der Waals surface area contributed by atoms with Crippen LogP contribution in [0.3, 0.4) is 0 Å². The van der Waals surface area contributed by atoms with Crippen molar-refractivity contribution in [3.05, 3.63) is 18.2 Å². The molecule has 2 heterocycles. The summed E-state index contributed by atoms with van der Waals surface area (Å²) < 4.78 is 10.9. The van der Waals surface area contributed by atoms with Crippen LogP contribution in [0.1, 0.15) is 12.8 Å². The van der Waals surface area contributed by atoms with E-state index in [9.17, 15) is 9.59 Å². The van der Waals surface area contributed by atoms with Crippen molar-refractivity contribution in [2.45, 2.75) is 18.9 Å². The number of carbonyl (C=O) groups is 2. The van der Waals surface area contributed by atoms with Gasteiger partial charge in [-0.3, -0.25) is 0 Å². The Hall–Kier alpha value is -2.44. The van der Waals surface area contributed by atoms with E-state index >= 15 is 0 Å². The van der Waals surface area contributed by atoms with Crippen LogP contribution in [0.5, 0.6) is 11.5 Å². The number of urea groups is 1. The van der Waals surface area contributed by atoms with E-state index in [1.54, 1.807) is 18.2 Å². The van der Waals surface area contributed by atoms with Gasteiger partial charge in [-0.25, -0.2) is 9.59 Å². The minimum absolute atomic E-state index is 0.406. The maximum atomic E-state index is 12.2. The first-order valence-corrected chi connectivity index (χ1v) is 6.85. The molecule has 2 aliphatic rings. The molecule has 7 heteroatoms. The van der Waals surface area contributed by atoms with Gasteiger partial charge >= 0.3 is 12.0 Å². The van der Waals surface area contributed by atoms with Crippen LogP contribution >= 0.6 is 0 Å². The van der Waals surface area contributed by atoms with E-state index in [1.165, 1.54) is 4.90 Å². The second kappa shape index (κ2) is 5.51. The Morgan fingerprint density at radius 2 is 2.00 bits per heavy atom. The van der Waals surface area contributed by atoms with Gasteiger partial charge in [-0.1, -0.05) is 0 Å². The molecule has 0 saturated carbocycles. The highest BCUT2D eigenvalue weighted by molar-refractivity contribution is 5.93. The summed E-state index contributed by atoms with van der Waals surface area (Å²) in [5.41, 5.74) is 0.556. The third kappa shape index (κ3) is 2.72.